The Morgan fingerprint density at radius 2 is 1.69 bits per heavy atom. The normalized spacial score (nSPS) is 16.6. The molecule has 4 rings (SSSR count). The number of nitrogens with zero attached hydrogens (tertiary/aromatic N) is 6. The van der Waals surface area contributed by atoms with Gasteiger partial charge < -0.3 is 15.2 Å². The summed E-state index contributed by atoms with van der Waals surface area (Å²) in [6.45, 7) is 1.27. The third-order valence-corrected chi connectivity index (χ3v) is 8.07. The molecule has 188 valence electrons. The minimum atomic E-state index is -3.31. The van der Waals surface area contributed by atoms with Crippen LogP contribution in [0.4, 0.5) is 10.5 Å². The smallest absolute Gasteiger partial charge is 0.339 e. The van der Waals surface area contributed by atoms with E-state index in [9.17, 15) is 23.3 Å². The summed E-state index contributed by atoms with van der Waals surface area (Å²) < 4.78 is 27.1. The molecular weight excluding hydrogens is 484 g/mol. The van der Waals surface area contributed by atoms with Gasteiger partial charge in [-0.15, -0.1) is 0 Å². The standard InChI is InChI=1S/C23H26N8O4S/c1-36(34,35)29-8-6-16(7-9-29)21-18(13-25)20(22(26)32)19-14-28(10-11-30(19)21)23(33)31(27)17-4-2-15(12-24)3-5-17/h2-5,16H,6-11,14,27H2,1H3,(H2,26,32). The van der Waals surface area contributed by atoms with Crippen LogP contribution in [0.1, 0.15) is 51.6 Å². The summed E-state index contributed by atoms with van der Waals surface area (Å²) >= 11 is 0. The molecule has 3 amide bonds. The molecule has 2 aromatic rings. The van der Waals surface area contributed by atoms with Crippen LogP contribution in [-0.4, -0.2) is 60.0 Å². The first kappa shape index (κ1) is 25.2. The van der Waals surface area contributed by atoms with E-state index in [0.29, 0.717) is 55.1 Å². The Kier molecular flexibility index (Phi) is 6.73. The lowest BCUT2D eigenvalue weighted by molar-refractivity contribution is 0.0996. The molecule has 1 aromatic carbocycles. The number of hydrogen-bond donors (Lipinski definition) is 2. The molecule has 2 aliphatic rings. The molecule has 0 unspecified atom stereocenters. The zero-order valence-electron chi connectivity index (χ0n) is 19.7. The van der Waals surface area contributed by atoms with Crippen molar-refractivity contribution in [2.45, 2.75) is 31.8 Å². The van der Waals surface area contributed by atoms with E-state index in [1.165, 1.54) is 15.5 Å². The number of sulfonamides is 1. The number of aromatic nitrogens is 1. The Bertz CT molecular complexity index is 1390. The summed E-state index contributed by atoms with van der Waals surface area (Å²) in [6, 6.07) is 9.85. The average Bonchev–Trinajstić information content (AvgIpc) is 3.21. The van der Waals surface area contributed by atoms with Gasteiger partial charge in [-0.2, -0.15) is 10.5 Å². The minimum absolute atomic E-state index is 0.0257. The third kappa shape index (κ3) is 4.52. The minimum Gasteiger partial charge on any atom is -0.366 e. The number of carbonyl (C=O) groups excluding carboxylic acids is 2. The van der Waals surface area contributed by atoms with Crippen LogP contribution < -0.4 is 16.6 Å². The van der Waals surface area contributed by atoms with Gasteiger partial charge in [-0.25, -0.2) is 28.4 Å². The largest absolute Gasteiger partial charge is 0.366 e. The van der Waals surface area contributed by atoms with Gasteiger partial charge in [0.2, 0.25) is 10.0 Å². The molecule has 36 heavy (non-hydrogen) atoms. The van der Waals surface area contributed by atoms with Crippen molar-refractivity contribution in [1.82, 2.24) is 13.8 Å². The molecule has 4 N–H and O–H groups in total. The summed E-state index contributed by atoms with van der Waals surface area (Å²) in [5.41, 5.74) is 7.90. The van der Waals surface area contributed by atoms with Gasteiger partial charge in [0, 0.05) is 37.8 Å². The van der Waals surface area contributed by atoms with Gasteiger partial charge in [0.25, 0.3) is 5.91 Å². The number of rotatable bonds is 4. The van der Waals surface area contributed by atoms with Gasteiger partial charge in [0.05, 0.1) is 46.9 Å². The van der Waals surface area contributed by atoms with Crippen LogP contribution in [0.15, 0.2) is 24.3 Å². The second kappa shape index (κ2) is 9.62. The number of piperidine rings is 1. The van der Waals surface area contributed by atoms with Crippen LogP contribution in [-0.2, 0) is 23.1 Å². The highest BCUT2D eigenvalue weighted by molar-refractivity contribution is 7.88. The summed E-state index contributed by atoms with van der Waals surface area (Å²) in [5.74, 6) is 5.17. The number of benzene rings is 1. The molecule has 0 spiro atoms. The number of urea groups is 1. The summed E-state index contributed by atoms with van der Waals surface area (Å²) in [5, 5.41) is 19.9. The maximum atomic E-state index is 13.1. The van der Waals surface area contributed by atoms with Gasteiger partial charge in [-0.1, -0.05) is 0 Å². The fourth-order valence-electron chi connectivity index (χ4n) is 4.97. The summed E-state index contributed by atoms with van der Waals surface area (Å²) in [4.78, 5) is 27.0. The lowest BCUT2D eigenvalue weighted by Gasteiger charge is -2.35. The third-order valence-electron chi connectivity index (χ3n) is 6.76. The molecule has 1 aromatic heterocycles. The maximum absolute atomic E-state index is 13.1. The van der Waals surface area contributed by atoms with E-state index in [1.807, 2.05) is 10.6 Å². The Morgan fingerprint density at radius 1 is 1.06 bits per heavy atom. The fraction of sp³-hybridized carbons (Fsp3) is 0.391. The summed E-state index contributed by atoms with van der Waals surface area (Å²) in [7, 11) is -3.31. The Balaban J connectivity index is 1.63. The highest BCUT2D eigenvalue weighted by Crippen LogP contribution is 2.37. The van der Waals surface area contributed by atoms with Crippen molar-refractivity contribution in [1.29, 1.82) is 10.5 Å². The second-order valence-corrected chi connectivity index (χ2v) is 10.9. The highest BCUT2D eigenvalue weighted by Gasteiger charge is 2.37. The number of hydrazine groups is 1. The van der Waals surface area contributed by atoms with E-state index >= 15 is 0 Å². The quantitative estimate of drug-likeness (QED) is 0.346. The number of fused-ring (bicyclic) bond motifs is 1. The number of carbonyl (C=O) groups is 2. The van der Waals surface area contributed by atoms with Crippen LogP contribution in [0.25, 0.3) is 0 Å². The van der Waals surface area contributed by atoms with Crippen molar-refractivity contribution in [2.24, 2.45) is 11.6 Å². The van der Waals surface area contributed by atoms with Crippen molar-refractivity contribution in [3.63, 3.8) is 0 Å². The SMILES string of the molecule is CS(=O)(=O)N1CCC(c2c(C#N)c(C(N)=O)c3n2CCN(C(=O)N(N)c2ccc(C#N)cc2)C3)CC1. The molecule has 12 nitrogen and oxygen atoms in total. The summed E-state index contributed by atoms with van der Waals surface area (Å²) in [6.07, 6.45) is 2.17. The first-order valence-corrected chi connectivity index (χ1v) is 13.2. The molecule has 0 radical (unpaired) electrons. The molecule has 0 bridgehead atoms. The van der Waals surface area contributed by atoms with Gasteiger partial charge >= 0.3 is 6.03 Å². The second-order valence-electron chi connectivity index (χ2n) is 8.88. The van der Waals surface area contributed by atoms with Crippen molar-refractivity contribution in [2.75, 3.05) is 30.9 Å². The van der Waals surface area contributed by atoms with Crippen LogP contribution in [0, 0.1) is 22.7 Å². The molecule has 1 fully saturated rings. The van der Waals surface area contributed by atoms with E-state index in [-0.39, 0.29) is 30.1 Å². The monoisotopic (exact) mass is 510 g/mol. The lowest BCUT2D eigenvalue weighted by atomic mass is 9.91. The number of amides is 3. The molecule has 0 aliphatic carbocycles. The van der Waals surface area contributed by atoms with Gasteiger partial charge in [0.15, 0.2) is 0 Å². The van der Waals surface area contributed by atoms with Crippen molar-refractivity contribution in [3.8, 4) is 12.1 Å². The number of nitrogens with two attached hydrogens (primary N) is 2. The number of nitriles is 2. The van der Waals surface area contributed by atoms with Crippen LogP contribution in [0.2, 0.25) is 0 Å². The number of anilines is 1. The Morgan fingerprint density at radius 3 is 2.22 bits per heavy atom. The predicted molar refractivity (Wildman–Crippen MR) is 130 cm³/mol. The molecule has 2 aliphatic heterocycles. The van der Waals surface area contributed by atoms with Crippen molar-refractivity contribution in [3.05, 3.63) is 52.3 Å². The fourth-order valence-corrected chi connectivity index (χ4v) is 5.85. The molecule has 0 atom stereocenters. The van der Waals surface area contributed by atoms with E-state index in [1.54, 1.807) is 24.3 Å². The molecule has 3 heterocycles. The van der Waals surface area contributed by atoms with Gasteiger partial charge in [-0.3, -0.25) is 4.79 Å². The Labute approximate surface area is 208 Å². The molecular formula is C23H26N8O4S. The first-order chi connectivity index (χ1) is 17.1. The average molecular weight is 511 g/mol. The first-order valence-electron chi connectivity index (χ1n) is 11.3. The zero-order valence-corrected chi connectivity index (χ0v) is 20.5. The van der Waals surface area contributed by atoms with E-state index in [2.05, 4.69) is 6.07 Å². The number of primary amides is 1. The molecule has 13 heteroatoms. The van der Waals surface area contributed by atoms with Crippen molar-refractivity contribution >= 4 is 27.6 Å². The van der Waals surface area contributed by atoms with Crippen LogP contribution in [0.3, 0.4) is 0 Å². The van der Waals surface area contributed by atoms with Crippen LogP contribution >= 0.6 is 0 Å². The molecule has 1 saturated heterocycles. The predicted octanol–water partition coefficient (Wildman–Crippen LogP) is 0.785. The Hall–Kier alpha value is -3.91. The zero-order chi connectivity index (χ0) is 26.2. The van der Waals surface area contributed by atoms with E-state index < -0.39 is 22.0 Å². The highest BCUT2D eigenvalue weighted by atomic mass is 32.2. The lowest BCUT2D eigenvalue weighted by Crippen LogP contribution is -2.50. The van der Waals surface area contributed by atoms with Gasteiger partial charge in [0.1, 0.15) is 6.07 Å². The van der Waals surface area contributed by atoms with E-state index in [0.717, 1.165) is 5.01 Å². The maximum Gasteiger partial charge on any atom is 0.339 e. The number of hydrogen-bond acceptors (Lipinski definition) is 7. The van der Waals surface area contributed by atoms with Gasteiger partial charge in [-0.05, 0) is 37.1 Å². The molecule has 0 saturated carbocycles. The van der Waals surface area contributed by atoms with Crippen molar-refractivity contribution < 1.29 is 18.0 Å². The topological polar surface area (TPSA) is 183 Å². The van der Waals surface area contributed by atoms with E-state index in [4.69, 9.17) is 16.8 Å². The van der Waals surface area contributed by atoms with Crippen LogP contribution in [0.5, 0.6) is 0 Å².